The van der Waals surface area contributed by atoms with Gasteiger partial charge >= 0.3 is 11.7 Å². The van der Waals surface area contributed by atoms with Gasteiger partial charge < -0.3 is 5.11 Å². The second-order valence-corrected chi connectivity index (χ2v) is 5.12. The van der Waals surface area contributed by atoms with Crippen molar-refractivity contribution in [3.05, 3.63) is 58.4 Å². The first-order valence-corrected chi connectivity index (χ1v) is 7.34. The molecule has 3 aromatic heterocycles. The van der Waals surface area contributed by atoms with Crippen LogP contribution in [0.15, 0.2) is 41.5 Å². The highest BCUT2D eigenvalue weighted by Gasteiger charge is 2.15. The number of hydrogen-bond acceptors (Lipinski definition) is 4. The van der Waals surface area contributed by atoms with Crippen LogP contribution in [-0.2, 0) is 19.5 Å². The maximum absolute atomic E-state index is 12.5. The zero-order valence-corrected chi connectivity index (χ0v) is 12.6. The quantitative estimate of drug-likeness (QED) is 0.772. The first-order chi connectivity index (χ1) is 11.1. The molecule has 0 unspecified atom stereocenters. The van der Waals surface area contributed by atoms with Crippen molar-refractivity contribution in [2.45, 2.75) is 26.4 Å². The van der Waals surface area contributed by atoms with E-state index in [0.717, 1.165) is 5.69 Å². The van der Waals surface area contributed by atoms with Crippen LogP contribution in [0.5, 0.6) is 0 Å². The van der Waals surface area contributed by atoms with Gasteiger partial charge in [-0.2, -0.15) is 0 Å². The van der Waals surface area contributed by atoms with Crippen LogP contribution in [0.3, 0.4) is 0 Å². The molecule has 0 aromatic carbocycles. The van der Waals surface area contributed by atoms with Gasteiger partial charge in [-0.15, -0.1) is 0 Å². The number of fused-ring (bicyclic) bond motifs is 1. The van der Waals surface area contributed by atoms with Crippen LogP contribution in [-0.4, -0.2) is 30.2 Å². The Morgan fingerprint density at radius 2 is 2.09 bits per heavy atom. The number of pyridine rings is 2. The number of imidazole rings is 1. The summed E-state index contributed by atoms with van der Waals surface area (Å²) in [6.45, 7) is 2.74. The Morgan fingerprint density at radius 1 is 1.26 bits per heavy atom. The summed E-state index contributed by atoms with van der Waals surface area (Å²) in [4.78, 5) is 32.1. The Hall–Kier alpha value is -2.96. The molecule has 3 rings (SSSR count). The molecule has 0 bridgehead atoms. The number of carbonyl (C=O) groups is 1. The lowest BCUT2D eigenvalue weighted by Gasteiger charge is -2.02. The minimum Gasteiger partial charge on any atom is -0.478 e. The molecule has 3 heterocycles. The third-order valence-electron chi connectivity index (χ3n) is 3.74. The number of rotatable bonds is 5. The van der Waals surface area contributed by atoms with E-state index in [2.05, 4.69) is 9.97 Å². The van der Waals surface area contributed by atoms with Crippen molar-refractivity contribution in [3.8, 4) is 0 Å². The molecule has 0 amide bonds. The molecule has 0 spiro atoms. The number of aromatic nitrogens is 4. The van der Waals surface area contributed by atoms with Gasteiger partial charge in [0.2, 0.25) is 0 Å². The minimum absolute atomic E-state index is 0.0709. The molecular formula is C16H16N4O3. The third kappa shape index (κ3) is 2.73. The second kappa shape index (κ2) is 6.04. The van der Waals surface area contributed by atoms with Gasteiger partial charge in [0.15, 0.2) is 5.65 Å². The lowest BCUT2D eigenvalue weighted by Crippen LogP contribution is -2.24. The summed E-state index contributed by atoms with van der Waals surface area (Å²) < 4.78 is 3.10. The molecule has 1 N–H and O–H groups in total. The standard InChI is InChI=1S/C16H16N4O3/c1-2-19-13-9-11(15(21)22)10-18-14(13)20(16(19)23)8-6-12-5-3-4-7-17-12/h3-5,7,9-10H,2,6,8H2,1H3,(H,21,22). The minimum atomic E-state index is -1.06. The van der Waals surface area contributed by atoms with E-state index in [4.69, 9.17) is 5.11 Å². The van der Waals surface area contributed by atoms with Crippen molar-refractivity contribution in [1.29, 1.82) is 0 Å². The summed E-state index contributed by atoms with van der Waals surface area (Å²) in [7, 11) is 0. The van der Waals surface area contributed by atoms with Crippen LogP contribution in [0, 0.1) is 0 Å². The summed E-state index contributed by atoms with van der Waals surface area (Å²) in [5.74, 6) is -1.06. The number of nitrogens with zero attached hydrogens (tertiary/aromatic N) is 4. The van der Waals surface area contributed by atoms with E-state index in [-0.39, 0.29) is 11.3 Å². The molecule has 3 aromatic rings. The first-order valence-electron chi connectivity index (χ1n) is 7.34. The van der Waals surface area contributed by atoms with Gasteiger partial charge in [-0.05, 0) is 25.1 Å². The van der Waals surface area contributed by atoms with E-state index in [9.17, 15) is 9.59 Å². The molecule has 23 heavy (non-hydrogen) atoms. The van der Waals surface area contributed by atoms with Crippen molar-refractivity contribution < 1.29 is 9.90 Å². The van der Waals surface area contributed by atoms with E-state index < -0.39 is 5.97 Å². The topological polar surface area (TPSA) is 90.0 Å². The number of hydrogen-bond donors (Lipinski definition) is 1. The Labute approximate surface area is 131 Å². The van der Waals surface area contributed by atoms with E-state index in [1.807, 2.05) is 25.1 Å². The molecular weight excluding hydrogens is 296 g/mol. The number of aromatic carboxylic acids is 1. The monoisotopic (exact) mass is 312 g/mol. The van der Waals surface area contributed by atoms with Gasteiger partial charge in [0, 0.05) is 37.6 Å². The van der Waals surface area contributed by atoms with E-state index in [1.165, 1.54) is 16.8 Å². The van der Waals surface area contributed by atoms with E-state index >= 15 is 0 Å². The Balaban J connectivity index is 2.04. The van der Waals surface area contributed by atoms with Crippen molar-refractivity contribution in [2.24, 2.45) is 0 Å². The van der Waals surface area contributed by atoms with Gasteiger partial charge in [0.1, 0.15) is 0 Å². The molecule has 0 saturated carbocycles. The van der Waals surface area contributed by atoms with Gasteiger partial charge in [-0.3, -0.25) is 14.1 Å². The number of carboxylic acid groups (broad SMARTS) is 1. The van der Waals surface area contributed by atoms with E-state index in [1.54, 1.807) is 10.8 Å². The lowest BCUT2D eigenvalue weighted by atomic mass is 10.2. The lowest BCUT2D eigenvalue weighted by molar-refractivity contribution is 0.0696. The van der Waals surface area contributed by atoms with Crippen LogP contribution in [0.25, 0.3) is 11.2 Å². The molecule has 0 atom stereocenters. The summed E-state index contributed by atoms with van der Waals surface area (Å²) in [6.07, 6.45) is 3.60. The fraction of sp³-hybridized carbons (Fsp3) is 0.250. The molecule has 118 valence electrons. The van der Waals surface area contributed by atoms with Crippen LogP contribution >= 0.6 is 0 Å². The average molecular weight is 312 g/mol. The molecule has 7 heteroatoms. The zero-order chi connectivity index (χ0) is 16.4. The Kier molecular flexibility index (Phi) is 3.92. The van der Waals surface area contributed by atoms with Gasteiger partial charge in [-0.1, -0.05) is 6.07 Å². The second-order valence-electron chi connectivity index (χ2n) is 5.12. The zero-order valence-electron chi connectivity index (χ0n) is 12.6. The van der Waals surface area contributed by atoms with Crippen LogP contribution in [0.1, 0.15) is 23.0 Å². The van der Waals surface area contributed by atoms with Gasteiger partial charge in [0.25, 0.3) is 0 Å². The molecule has 0 saturated heterocycles. The predicted molar refractivity (Wildman–Crippen MR) is 84.6 cm³/mol. The molecule has 0 aliphatic rings. The summed E-state index contributed by atoms with van der Waals surface area (Å²) in [5.41, 5.74) is 1.81. The van der Waals surface area contributed by atoms with Crippen molar-refractivity contribution in [2.75, 3.05) is 0 Å². The molecule has 0 aliphatic heterocycles. The third-order valence-corrected chi connectivity index (χ3v) is 3.74. The predicted octanol–water partition coefficient (Wildman–Crippen LogP) is 1.55. The van der Waals surface area contributed by atoms with Gasteiger partial charge in [0.05, 0.1) is 11.1 Å². The molecule has 0 fully saturated rings. The maximum Gasteiger partial charge on any atom is 0.337 e. The van der Waals surface area contributed by atoms with E-state index in [0.29, 0.717) is 30.7 Å². The highest BCUT2D eigenvalue weighted by atomic mass is 16.4. The van der Waals surface area contributed by atoms with Crippen molar-refractivity contribution in [1.82, 2.24) is 19.1 Å². The normalized spacial score (nSPS) is 11.0. The summed E-state index contributed by atoms with van der Waals surface area (Å²) in [6, 6.07) is 7.14. The fourth-order valence-corrected chi connectivity index (χ4v) is 2.59. The average Bonchev–Trinajstić information content (AvgIpc) is 2.84. The maximum atomic E-state index is 12.5. The SMILES string of the molecule is CCn1c(=O)n(CCc2ccccn2)c2ncc(C(=O)O)cc21. The van der Waals surface area contributed by atoms with Crippen LogP contribution < -0.4 is 5.69 Å². The Morgan fingerprint density at radius 3 is 2.74 bits per heavy atom. The Bertz CT molecular complexity index is 912. The van der Waals surface area contributed by atoms with Crippen molar-refractivity contribution in [3.63, 3.8) is 0 Å². The summed E-state index contributed by atoms with van der Waals surface area (Å²) in [5, 5.41) is 9.09. The molecule has 0 radical (unpaired) electrons. The highest BCUT2D eigenvalue weighted by Crippen LogP contribution is 2.13. The molecule has 0 aliphatic carbocycles. The number of aryl methyl sites for hydroxylation is 3. The van der Waals surface area contributed by atoms with Crippen LogP contribution in [0.2, 0.25) is 0 Å². The van der Waals surface area contributed by atoms with Gasteiger partial charge in [-0.25, -0.2) is 14.6 Å². The number of carboxylic acids is 1. The smallest absolute Gasteiger partial charge is 0.337 e. The molecule has 7 nitrogen and oxygen atoms in total. The van der Waals surface area contributed by atoms with Crippen molar-refractivity contribution >= 4 is 17.1 Å². The largest absolute Gasteiger partial charge is 0.478 e. The first kappa shape index (κ1) is 15.0. The summed E-state index contributed by atoms with van der Waals surface area (Å²) >= 11 is 0. The highest BCUT2D eigenvalue weighted by molar-refractivity contribution is 5.90. The van der Waals surface area contributed by atoms with Crippen LogP contribution in [0.4, 0.5) is 0 Å². The fourth-order valence-electron chi connectivity index (χ4n) is 2.59.